The molecule has 144 valence electrons. The number of rotatable bonds is 7. The molecule has 3 rings (SSSR count). The predicted molar refractivity (Wildman–Crippen MR) is 105 cm³/mol. The topological polar surface area (TPSA) is 74.1 Å². The number of carbonyl (C=O) groups is 1. The van der Waals surface area contributed by atoms with Gasteiger partial charge in [0.15, 0.2) is 9.84 Å². The van der Waals surface area contributed by atoms with Gasteiger partial charge in [-0.25, -0.2) is 13.2 Å². The summed E-state index contributed by atoms with van der Waals surface area (Å²) in [5, 5.41) is 0.769. The van der Waals surface area contributed by atoms with Crippen LogP contribution in [-0.2, 0) is 14.6 Å². The second-order valence-corrected chi connectivity index (χ2v) is 8.85. The number of nitrogens with zero attached hydrogens (tertiary/aromatic N) is 1. The number of fused-ring (bicyclic) bond motifs is 3. The van der Waals surface area contributed by atoms with E-state index in [1.54, 1.807) is 13.0 Å². The molecule has 1 aromatic carbocycles. The fraction of sp³-hybridized carbons (Fsp3) is 0.350. The molecular formula is C20H23NO5S. The van der Waals surface area contributed by atoms with Crippen molar-refractivity contribution in [2.24, 2.45) is 0 Å². The lowest BCUT2D eigenvalue weighted by atomic mass is 10.1. The van der Waals surface area contributed by atoms with Crippen LogP contribution in [0, 0.1) is 0 Å². The number of hydrogen-bond donors (Lipinski definition) is 0. The van der Waals surface area contributed by atoms with Gasteiger partial charge in [0.2, 0.25) is 0 Å². The number of hydrogen-bond acceptors (Lipinski definition) is 5. The molecule has 0 saturated heterocycles. The Kier molecular flexibility index (Phi) is 5.41. The van der Waals surface area contributed by atoms with E-state index in [0.29, 0.717) is 17.9 Å². The molecule has 0 fully saturated rings. The van der Waals surface area contributed by atoms with Gasteiger partial charge in [0.05, 0.1) is 29.0 Å². The van der Waals surface area contributed by atoms with Crippen LogP contribution in [0.2, 0.25) is 0 Å². The minimum Gasteiger partial charge on any atom is -0.490 e. The lowest BCUT2D eigenvalue weighted by Gasteiger charge is -2.13. The summed E-state index contributed by atoms with van der Waals surface area (Å²) in [4.78, 5) is 12.6. The molecule has 0 aliphatic carbocycles. The molecule has 7 heteroatoms. The zero-order valence-electron chi connectivity index (χ0n) is 15.6. The van der Waals surface area contributed by atoms with Crippen LogP contribution < -0.4 is 4.74 Å². The Hall–Kier alpha value is -2.54. The molecule has 1 atom stereocenters. The molecule has 0 radical (unpaired) electrons. The highest BCUT2D eigenvalue weighted by Gasteiger charge is 2.20. The van der Waals surface area contributed by atoms with E-state index in [4.69, 9.17) is 9.47 Å². The van der Waals surface area contributed by atoms with Crippen LogP contribution in [0.4, 0.5) is 0 Å². The van der Waals surface area contributed by atoms with E-state index in [0.717, 1.165) is 22.8 Å². The SMILES string of the molecule is CCCOC(=O)c1c2ccc(OC(C)CS(C)(=O)=O)cc2n2ccccc12. The first-order valence-electron chi connectivity index (χ1n) is 8.84. The van der Waals surface area contributed by atoms with Crippen LogP contribution in [0.25, 0.3) is 16.4 Å². The van der Waals surface area contributed by atoms with E-state index in [1.807, 2.05) is 47.9 Å². The summed E-state index contributed by atoms with van der Waals surface area (Å²) in [5.74, 6) is 0.138. The maximum Gasteiger partial charge on any atom is 0.340 e. The second-order valence-electron chi connectivity index (χ2n) is 6.67. The molecule has 0 aliphatic rings. The third-order valence-corrected chi connectivity index (χ3v) is 5.21. The van der Waals surface area contributed by atoms with Crippen molar-refractivity contribution < 1.29 is 22.7 Å². The molecule has 27 heavy (non-hydrogen) atoms. The number of sulfone groups is 1. The molecule has 0 saturated carbocycles. The molecule has 1 unspecified atom stereocenters. The third kappa shape index (κ3) is 4.24. The highest BCUT2D eigenvalue weighted by molar-refractivity contribution is 7.90. The zero-order valence-corrected chi connectivity index (χ0v) is 16.5. The quantitative estimate of drug-likeness (QED) is 0.579. The van der Waals surface area contributed by atoms with Crippen molar-refractivity contribution in [1.29, 1.82) is 0 Å². The van der Waals surface area contributed by atoms with Gasteiger partial charge in [0, 0.05) is 23.9 Å². The minimum atomic E-state index is -3.13. The van der Waals surface area contributed by atoms with E-state index in [-0.39, 0.29) is 11.7 Å². The minimum absolute atomic E-state index is 0.0610. The average molecular weight is 389 g/mol. The smallest absolute Gasteiger partial charge is 0.340 e. The zero-order chi connectivity index (χ0) is 19.6. The number of ether oxygens (including phenoxy) is 2. The Morgan fingerprint density at radius 1 is 1.19 bits per heavy atom. The van der Waals surface area contributed by atoms with Gasteiger partial charge in [-0.15, -0.1) is 0 Å². The third-order valence-electron chi connectivity index (χ3n) is 4.13. The van der Waals surface area contributed by atoms with Crippen molar-refractivity contribution in [3.05, 3.63) is 48.2 Å². The molecule has 0 N–H and O–H groups in total. The summed E-state index contributed by atoms with van der Waals surface area (Å²) >= 11 is 0. The maximum absolute atomic E-state index is 12.6. The Morgan fingerprint density at radius 3 is 2.67 bits per heavy atom. The molecule has 0 amide bonds. The van der Waals surface area contributed by atoms with E-state index in [2.05, 4.69) is 0 Å². The summed E-state index contributed by atoms with van der Waals surface area (Å²) < 4.78 is 35.9. The van der Waals surface area contributed by atoms with Gasteiger partial charge < -0.3 is 13.9 Å². The standard InChI is InChI=1S/C20H23NO5S/c1-4-11-25-20(22)19-16-9-8-15(26-14(2)13-27(3,23)24)12-18(16)21-10-6-5-7-17(19)21/h5-10,12,14H,4,11,13H2,1-3H3. The highest BCUT2D eigenvalue weighted by Crippen LogP contribution is 2.30. The molecule has 2 heterocycles. The molecule has 2 aromatic heterocycles. The summed E-state index contributed by atoms with van der Waals surface area (Å²) in [6, 6.07) is 11.0. The van der Waals surface area contributed by atoms with Crippen molar-refractivity contribution in [1.82, 2.24) is 4.40 Å². The lowest BCUT2D eigenvalue weighted by molar-refractivity contribution is 0.0509. The monoisotopic (exact) mass is 389 g/mol. The fourth-order valence-corrected chi connectivity index (χ4v) is 4.09. The number of benzene rings is 1. The van der Waals surface area contributed by atoms with Crippen LogP contribution in [0.5, 0.6) is 5.75 Å². The van der Waals surface area contributed by atoms with Crippen LogP contribution in [-0.4, -0.2) is 43.5 Å². The van der Waals surface area contributed by atoms with Crippen LogP contribution in [0.3, 0.4) is 0 Å². The van der Waals surface area contributed by atoms with Crippen molar-refractivity contribution >= 4 is 32.2 Å². The average Bonchev–Trinajstić information content (AvgIpc) is 2.92. The van der Waals surface area contributed by atoms with E-state index >= 15 is 0 Å². The summed E-state index contributed by atoms with van der Waals surface area (Å²) in [7, 11) is -3.13. The fourth-order valence-electron chi connectivity index (χ4n) is 3.16. The van der Waals surface area contributed by atoms with Crippen molar-refractivity contribution in [2.45, 2.75) is 26.4 Å². The molecule has 3 aromatic rings. The molecule has 0 aliphatic heterocycles. The summed E-state index contributed by atoms with van der Waals surface area (Å²) in [5.41, 5.74) is 2.09. The lowest BCUT2D eigenvalue weighted by Crippen LogP contribution is -2.22. The van der Waals surface area contributed by atoms with Crippen molar-refractivity contribution in [3.8, 4) is 5.75 Å². The molecular weight excluding hydrogens is 366 g/mol. The number of carbonyl (C=O) groups excluding carboxylic acids is 1. The van der Waals surface area contributed by atoms with E-state index in [1.165, 1.54) is 6.26 Å². The van der Waals surface area contributed by atoms with Gasteiger partial charge in [0.1, 0.15) is 11.9 Å². The van der Waals surface area contributed by atoms with Gasteiger partial charge in [-0.05, 0) is 37.6 Å². The number of pyridine rings is 1. The van der Waals surface area contributed by atoms with E-state index in [9.17, 15) is 13.2 Å². The first-order chi connectivity index (χ1) is 12.8. The maximum atomic E-state index is 12.6. The van der Waals surface area contributed by atoms with Gasteiger partial charge in [-0.2, -0.15) is 0 Å². The normalized spacial score (nSPS) is 13.0. The van der Waals surface area contributed by atoms with Crippen LogP contribution in [0.15, 0.2) is 42.6 Å². The molecule has 6 nitrogen and oxygen atoms in total. The Bertz CT molecular complexity index is 1080. The molecule has 0 bridgehead atoms. The molecule has 0 spiro atoms. The Labute approximate surface area is 158 Å². The van der Waals surface area contributed by atoms with Crippen molar-refractivity contribution in [3.63, 3.8) is 0 Å². The van der Waals surface area contributed by atoms with Gasteiger partial charge in [-0.3, -0.25) is 0 Å². The van der Waals surface area contributed by atoms with E-state index < -0.39 is 15.9 Å². The number of esters is 1. The van der Waals surface area contributed by atoms with Gasteiger partial charge >= 0.3 is 5.97 Å². The first-order valence-corrected chi connectivity index (χ1v) is 10.9. The van der Waals surface area contributed by atoms with Crippen LogP contribution >= 0.6 is 0 Å². The van der Waals surface area contributed by atoms with Crippen molar-refractivity contribution in [2.75, 3.05) is 18.6 Å². The van der Waals surface area contributed by atoms with Crippen LogP contribution in [0.1, 0.15) is 30.6 Å². The Morgan fingerprint density at radius 2 is 1.96 bits per heavy atom. The van der Waals surface area contributed by atoms with Gasteiger partial charge in [0.25, 0.3) is 0 Å². The predicted octanol–water partition coefficient (Wildman–Crippen LogP) is 3.47. The second kappa shape index (κ2) is 7.60. The first kappa shape index (κ1) is 19.2. The summed E-state index contributed by atoms with van der Waals surface area (Å²) in [6.45, 7) is 4.04. The highest BCUT2D eigenvalue weighted by atomic mass is 32.2. The number of aromatic nitrogens is 1. The van der Waals surface area contributed by atoms with Gasteiger partial charge in [-0.1, -0.05) is 13.0 Å². The summed E-state index contributed by atoms with van der Waals surface area (Å²) in [6.07, 6.45) is 3.34. The largest absolute Gasteiger partial charge is 0.490 e. The Balaban J connectivity index is 2.04.